The van der Waals surface area contributed by atoms with E-state index in [4.69, 9.17) is 0 Å². The maximum absolute atomic E-state index is 9.39. The second kappa shape index (κ2) is 4.42. The Kier molecular flexibility index (Phi) is 3.15. The number of aliphatic hydroxyl groups is 1. The van der Waals surface area contributed by atoms with E-state index in [-0.39, 0.29) is 0 Å². The fourth-order valence-corrected chi connectivity index (χ4v) is 1.97. The van der Waals surface area contributed by atoms with Crippen LogP contribution in [-0.2, 0) is 0 Å². The lowest BCUT2D eigenvalue weighted by atomic mass is 10.2. The van der Waals surface area contributed by atoms with E-state index in [1.165, 1.54) is 6.42 Å². The van der Waals surface area contributed by atoms with Crippen LogP contribution in [0.15, 0.2) is 18.3 Å². The van der Waals surface area contributed by atoms with Crippen molar-refractivity contribution >= 4 is 5.82 Å². The third-order valence-corrected chi connectivity index (χ3v) is 3.43. The molecule has 0 saturated heterocycles. The molecule has 1 saturated carbocycles. The third kappa shape index (κ3) is 2.53. The minimum Gasteiger partial charge on any atom is -0.389 e. The van der Waals surface area contributed by atoms with E-state index in [0.717, 1.165) is 29.8 Å². The lowest BCUT2D eigenvalue weighted by Crippen LogP contribution is -2.21. The van der Waals surface area contributed by atoms with Gasteiger partial charge in [-0.15, -0.1) is 0 Å². The molecule has 0 bridgehead atoms. The summed E-state index contributed by atoms with van der Waals surface area (Å²) in [4.78, 5) is 6.57. The van der Waals surface area contributed by atoms with Crippen molar-refractivity contribution in [2.75, 3.05) is 18.5 Å². The van der Waals surface area contributed by atoms with E-state index in [1.807, 2.05) is 12.1 Å². The van der Waals surface area contributed by atoms with Gasteiger partial charge in [-0.05, 0) is 36.8 Å². The van der Waals surface area contributed by atoms with Gasteiger partial charge in [0, 0.05) is 19.8 Å². The summed E-state index contributed by atoms with van der Waals surface area (Å²) in [7, 11) is 2.08. The van der Waals surface area contributed by atoms with Gasteiger partial charge in [-0.25, -0.2) is 4.98 Å². The maximum Gasteiger partial charge on any atom is 0.128 e. The topological polar surface area (TPSA) is 36.4 Å². The normalized spacial score (nSPS) is 25.2. The van der Waals surface area contributed by atoms with Gasteiger partial charge in [0.15, 0.2) is 0 Å². The van der Waals surface area contributed by atoms with Gasteiger partial charge in [-0.1, -0.05) is 13.0 Å². The highest BCUT2D eigenvalue weighted by atomic mass is 16.3. The van der Waals surface area contributed by atoms with Gasteiger partial charge in [0.05, 0.1) is 6.10 Å². The molecule has 3 heteroatoms. The summed E-state index contributed by atoms with van der Waals surface area (Å²) < 4.78 is 0. The van der Waals surface area contributed by atoms with E-state index >= 15 is 0 Å². The molecule has 0 spiro atoms. The van der Waals surface area contributed by atoms with Crippen molar-refractivity contribution in [3.05, 3.63) is 23.9 Å². The fourth-order valence-electron chi connectivity index (χ4n) is 1.97. The summed E-state index contributed by atoms with van der Waals surface area (Å²) in [6.07, 6.45) is 2.67. The molecule has 1 aromatic heterocycles. The van der Waals surface area contributed by atoms with Crippen LogP contribution >= 0.6 is 0 Å². The molecule has 2 rings (SSSR count). The summed E-state index contributed by atoms with van der Waals surface area (Å²) in [6.45, 7) is 5.14. The maximum atomic E-state index is 9.39. The zero-order valence-electron chi connectivity index (χ0n) is 10.2. The molecule has 0 amide bonds. The molecule has 1 N–H and O–H groups in total. The Morgan fingerprint density at radius 1 is 1.56 bits per heavy atom. The Bertz CT molecular complexity index is 347. The number of rotatable bonds is 4. The van der Waals surface area contributed by atoms with E-state index in [9.17, 15) is 5.11 Å². The van der Waals surface area contributed by atoms with Crippen LogP contribution in [0.5, 0.6) is 0 Å². The van der Waals surface area contributed by atoms with Gasteiger partial charge < -0.3 is 10.0 Å². The van der Waals surface area contributed by atoms with Crippen LogP contribution in [0.1, 0.15) is 31.9 Å². The van der Waals surface area contributed by atoms with Gasteiger partial charge in [0.2, 0.25) is 0 Å². The first-order valence-corrected chi connectivity index (χ1v) is 5.93. The molecule has 1 fully saturated rings. The van der Waals surface area contributed by atoms with Crippen LogP contribution in [0.25, 0.3) is 0 Å². The molecule has 1 aromatic rings. The minimum absolute atomic E-state index is 0.435. The SMILES string of the molecule is CC1CC1CN(C)c1ccc([C@H](C)O)cn1. The van der Waals surface area contributed by atoms with Gasteiger partial charge in [-0.3, -0.25) is 0 Å². The zero-order valence-corrected chi connectivity index (χ0v) is 10.2. The Morgan fingerprint density at radius 2 is 2.25 bits per heavy atom. The lowest BCUT2D eigenvalue weighted by Gasteiger charge is -2.18. The molecule has 16 heavy (non-hydrogen) atoms. The Morgan fingerprint density at radius 3 is 2.69 bits per heavy atom. The lowest BCUT2D eigenvalue weighted by molar-refractivity contribution is 0.199. The quantitative estimate of drug-likeness (QED) is 0.845. The smallest absolute Gasteiger partial charge is 0.128 e. The van der Waals surface area contributed by atoms with Gasteiger partial charge in [0.25, 0.3) is 0 Å². The molecule has 0 radical (unpaired) electrons. The van der Waals surface area contributed by atoms with Crippen molar-refractivity contribution in [1.82, 2.24) is 4.98 Å². The Labute approximate surface area is 97.1 Å². The van der Waals surface area contributed by atoms with Crippen LogP contribution in [0, 0.1) is 11.8 Å². The largest absolute Gasteiger partial charge is 0.389 e. The number of aromatic nitrogens is 1. The highest BCUT2D eigenvalue weighted by Crippen LogP contribution is 2.38. The van der Waals surface area contributed by atoms with Crippen molar-refractivity contribution in [2.24, 2.45) is 11.8 Å². The highest BCUT2D eigenvalue weighted by molar-refractivity contribution is 5.39. The number of hydrogen-bond donors (Lipinski definition) is 1. The van der Waals surface area contributed by atoms with Crippen LogP contribution in [0.3, 0.4) is 0 Å². The minimum atomic E-state index is -0.435. The number of nitrogens with zero attached hydrogens (tertiary/aromatic N) is 2. The zero-order chi connectivity index (χ0) is 11.7. The molecule has 3 nitrogen and oxygen atoms in total. The summed E-state index contributed by atoms with van der Waals surface area (Å²) >= 11 is 0. The van der Waals surface area contributed by atoms with Crippen molar-refractivity contribution in [3.63, 3.8) is 0 Å². The Balaban J connectivity index is 1.97. The second-order valence-corrected chi connectivity index (χ2v) is 4.98. The third-order valence-electron chi connectivity index (χ3n) is 3.43. The van der Waals surface area contributed by atoms with Crippen molar-refractivity contribution in [2.45, 2.75) is 26.4 Å². The Hall–Kier alpha value is -1.09. The van der Waals surface area contributed by atoms with Crippen LogP contribution in [0.4, 0.5) is 5.82 Å². The van der Waals surface area contributed by atoms with E-state index in [0.29, 0.717) is 0 Å². The fraction of sp³-hybridized carbons (Fsp3) is 0.615. The van der Waals surface area contributed by atoms with Crippen molar-refractivity contribution in [3.8, 4) is 0 Å². The molecular weight excluding hydrogens is 200 g/mol. The predicted octanol–water partition coefficient (Wildman–Crippen LogP) is 2.23. The van der Waals surface area contributed by atoms with Gasteiger partial charge >= 0.3 is 0 Å². The standard InChI is InChI=1S/C13H20N2O/c1-9-6-12(9)8-15(3)13-5-4-11(7-14-13)10(2)16/h4-5,7,9-10,12,16H,6,8H2,1-3H3/t9?,10-,12?/m0/s1. The summed E-state index contributed by atoms with van der Waals surface area (Å²) in [6, 6.07) is 3.93. The van der Waals surface area contributed by atoms with Crippen molar-refractivity contribution in [1.29, 1.82) is 0 Å². The summed E-state index contributed by atoms with van der Waals surface area (Å²) in [5, 5.41) is 9.39. The molecule has 1 aliphatic rings. The van der Waals surface area contributed by atoms with E-state index < -0.39 is 6.10 Å². The first-order chi connectivity index (χ1) is 7.58. The molecule has 2 unspecified atom stereocenters. The average Bonchev–Trinajstić information content (AvgIpc) is 2.94. The second-order valence-electron chi connectivity index (χ2n) is 4.98. The van der Waals surface area contributed by atoms with E-state index in [2.05, 4.69) is 23.9 Å². The molecule has 1 heterocycles. The molecule has 3 atom stereocenters. The first kappa shape index (κ1) is 11.4. The van der Waals surface area contributed by atoms with Crippen LogP contribution in [0.2, 0.25) is 0 Å². The molecular formula is C13H20N2O. The molecule has 0 aliphatic heterocycles. The van der Waals surface area contributed by atoms with Gasteiger partial charge in [0.1, 0.15) is 5.82 Å². The number of hydrogen-bond acceptors (Lipinski definition) is 3. The molecule has 1 aliphatic carbocycles. The number of pyridine rings is 1. The molecule has 88 valence electrons. The highest BCUT2D eigenvalue weighted by Gasteiger charge is 2.33. The molecule has 0 aromatic carbocycles. The number of aliphatic hydroxyl groups excluding tert-OH is 1. The summed E-state index contributed by atoms with van der Waals surface area (Å²) in [5.74, 6) is 2.70. The van der Waals surface area contributed by atoms with Crippen LogP contribution in [-0.4, -0.2) is 23.7 Å². The van der Waals surface area contributed by atoms with Gasteiger partial charge in [-0.2, -0.15) is 0 Å². The first-order valence-electron chi connectivity index (χ1n) is 5.93. The van der Waals surface area contributed by atoms with E-state index in [1.54, 1.807) is 13.1 Å². The average molecular weight is 220 g/mol. The number of anilines is 1. The summed E-state index contributed by atoms with van der Waals surface area (Å²) in [5.41, 5.74) is 0.872. The van der Waals surface area contributed by atoms with Crippen LogP contribution < -0.4 is 4.90 Å². The van der Waals surface area contributed by atoms with Crippen molar-refractivity contribution < 1.29 is 5.11 Å². The predicted molar refractivity (Wildman–Crippen MR) is 65.4 cm³/mol. The monoisotopic (exact) mass is 220 g/mol.